The van der Waals surface area contributed by atoms with Gasteiger partial charge in [0, 0.05) is 12.8 Å². The van der Waals surface area contributed by atoms with Crippen LogP contribution in [0.4, 0.5) is 0 Å². The molecule has 15 nitrogen and oxygen atoms in total. The topological polar surface area (TPSA) is 231 Å². The minimum atomic E-state index is -1.76. The first-order chi connectivity index (χ1) is 28.0. The smallest absolute Gasteiger partial charge is 0.306 e. The van der Waals surface area contributed by atoms with Crippen molar-refractivity contribution in [3.05, 3.63) is 12.2 Å². The van der Waals surface area contributed by atoms with Crippen molar-refractivity contribution in [2.75, 3.05) is 26.4 Å². The number of allylic oxidation sites excluding steroid dienone is 2. The van der Waals surface area contributed by atoms with E-state index < -0.39 is 92.7 Å². The van der Waals surface area contributed by atoms with E-state index in [2.05, 4.69) is 19.9 Å². The number of hydrogen-bond acceptors (Lipinski definition) is 15. The zero-order chi connectivity index (χ0) is 42.5. The summed E-state index contributed by atoms with van der Waals surface area (Å²) in [7, 11) is 0. The molecule has 58 heavy (non-hydrogen) atoms. The molecule has 0 spiro atoms. The normalized spacial score (nSPS) is 28.2. The summed E-state index contributed by atoms with van der Waals surface area (Å²) < 4.78 is 33.3. The van der Waals surface area contributed by atoms with Gasteiger partial charge in [0.25, 0.3) is 0 Å². The zero-order valence-electron chi connectivity index (χ0n) is 35.3. The van der Waals surface area contributed by atoms with E-state index in [0.29, 0.717) is 12.8 Å². The van der Waals surface area contributed by atoms with Gasteiger partial charge in [-0.2, -0.15) is 0 Å². The number of rotatable bonds is 33. The molecule has 0 saturated carbocycles. The summed E-state index contributed by atoms with van der Waals surface area (Å²) >= 11 is 0. The average molecular weight is 835 g/mol. The van der Waals surface area contributed by atoms with E-state index in [0.717, 1.165) is 44.9 Å². The molecule has 2 fully saturated rings. The molecule has 11 atom stereocenters. The van der Waals surface area contributed by atoms with E-state index >= 15 is 0 Å². The first kappa shape index (κ1) is 52.4. The number of aliphatic hydroxyl groups excluding tert-OH is 7. The molecule has 15 heteroatoms. The molecule has 0 aromatic rings. The minimum Gasteiger partial charge on any atom is -0.462 e. The van der Waals surface area contributed by atoms with Gasteiger partial charge in [0.05, 0.1) is 19.8 Å². The second-order valence-electron chi connectivity index (χ2n) is 15.9. The molecule has 2 saturated heterocycles. The molecule has 4 unspecified atom stereocenters. The molecule has 340 valence electrons. The quantitative estimate of drug-likeness (QED) is 0.0278. The van der Waals surface area contributed by atoms with E-state index in [1.165, 1.54) is 70.6 Å². The molecule has 2 aliphatic rings. The Labute approximate surface area is 346 Å². The third kappa shape index (κ3) is 21.2. The van der Waals surface area contributed by atoms with Gasteiger partial charge in [-0.3, -0.25) is 9.59 Å². The van der Waals surface area contributed by atoms with E-state index in [4.69, 9.17) is 28.4 Å². The van der Waals surface area contributed by atoms with E-state index in [1.54, 1.807) is 0 Å². The summed E-state index contributed by atoms with van der Waals surface area (Å²) in [5.74, 6) is -0.986. The molecule has 2 rings (SSSR count). The van der Waals surface area contributed by atoms with Crippen LogP contribution in [0.1, 0.15) is 155 Å². The summed E-state index contributed by atoms with van der Waals surface area (Å²) in [6.07, 6.45) is 10.2. The van der Waals surface area contributed by atoms with Crippen LogP contribution < -0.4 is 0 Å². The summed E-state index contributed by atoms with van der Waals surface area (Å²) in [5.41, 5.74) is 0. The lowest BCUT2D eigenvalue weighted by molar-refractivity contribution is -0.332. The average Bonchev–Trinajstić information content (AvgIpc) is 3.21. The summed E-state index contributed by atoms with van der Waals surface area (Å²) in [4.78, 5) is 25.4. The van der Waals surface area contributed by atoms with Crippen molar-refractivity contribution >= 4 is 11.9 Å². The maximum absolute atomic E-state index is 12.8. The van der Waals surface area contributed by atoms with Crippen LogP contribution in [0.15, 0.2) is 12.2 Å². The Bertz CT molecular complexity index is 1080. The Kier molecular flexibility index (Phi) is 28.9. The summed E-state index contributed by atoms with van der Waals surface area (Å²) in [5, 5.41) is 71.6. The number of carbonyl (C=O) groups is 2. The van der Waals surface area contributed by atoms with Crippen molar-refractivity contribution < 1.29 is 73.8 Å². The fourth-order valence-electron chi connectivity index (χ4n) is 7.00. The van der Waals surface area contributed by atoms with Crippen molar-refractivity contribution in [1.29, 1.82) is 0 Å². The Morgan fingerprint density at radius 1 is 0.534 bits per heavy atom. The van der Waals surface area contributed by atoms with E-state index in [-0.39, 0.29) is 26.1 Å². The van der Waals surface area contributed by atoms with E-state index in [9.17, 15) is 45.3 Å². The lowest BCUT2D eigenvalue weighted by Crippen LogP contribution is -2.61. The van der Waals surface area contributed by atoms with Gasteiger partial charge in [0.2, 0.25) is 0 Å². The van der Waals surface area contributed by atoms with Crippen LogP contribution >= 0.6 is 0 Å². The lowest BCUT2D eigenvalue weighted by Gasteiger charge is -2.42. The third-order valence-corrected chi connectivity index (χ3v) is 10.8. The Morgan fingerprint density at radius 2 is 1.02 bits per heavy atom. The highest BCUT2D eigenvalue weighted by atomic mass is 16.7. The minimum absolute atomic E-state index is 0.138. The number of esters is 2. The van der Waals surface area contributed by atoms with Gasteiger partial charge in [-0.15, -0.1) is 0 Å². The van der Waals surface area contributed by atoms with Crippen LogP contribution in [-0.2, 0) is 38.0 Å². The highest BCUT2D eigenvalue weighted by Crippen LogP contribution is 2.26. The van der Waals surface area contributed by atoms with Crippen molar-refractivity contribution in [2.24, 2.45) is 0 Å². The maximum Gasteiger partial charge on any atom is 0.306 e. The molecule has 7 N–H and O–H groups in total. The molecule has 2 heterocycles. The number of unbranched alkanes of at least 4 members (excludes halogenated alkanes) is 17. The molecular weight excluding hydrogens is 756 g/mol. The number of carbonyl (C=O) groups excluding carboxylic acids is 2. The first-order valence-electron chi connectivity index (χ1n) is 22.3. The van der Waals surface area contributed by atoms with Crippen LogP contribution in [0.5, 0.6) is 0 Å². The van der Waals surface area contributed by atoms with Gasteiger partial charge >= 0.3 is 11.9 Å². The predicted molar refractivity (Wildman–Crippen MR) is 215 cm³/mol. The van der Waals surface area contributed by atoms with Crippen LogP contribution in [0, 0.1) is 0 Å². The van der Waals surface area contributed by atoms with Crippen molar-refractivity contribution in [1.82, 2.24) is 0 Å². The van der Waals surface area contributed by atoms with Crippen LogP contribution in [0.3, 0.4) is 0 Å². The summed E-state index contributed by atoms with van der Waals surface area (Å²) in [6.45, 7) is 2.48. The molecule has 2 aliphatic heterocycles. The molecule has 0 aromatic heterocycles. The standard InChI is InChI=1S/C43H78O15/c1-3-5-7-9-11-12-13-14-15-16-17-18-20-21-23-25-34(45)53-28-31(56-35(46)26-24-22-19-10-8-6-4-2)29-54-42-41(52)39(50)37(48)33(58-42)30-55-43-40(51)38(49)36(47)32(27-44)57-43/h20-21,31-33,36-44,47-52H,3-19,22-30H2,1-2H3/b21-20+/t31-,32-,33-,36+,37+,38?,39?,40?,41?,42-,43-/m1/s1. The van der Waals surface area contributed by atoms with Crippen LogP contribution in [-0.4, -0.2) is 142 Å². The molecule has 0 bridgehead atoms. The van der Waals surface area contributed by atoms with Gasteiger partial charge in [0.1, 0.15) is 55.4 Å². The van der Waals surface area contributed by atoms with Crippen molar-refractivity contribution in [3.63, 3.8) is 0 Å². The van der Waals surface area contributed by atoms with Crippen LogP contribution in [0.25, 0.3) is 0 Å². The van der Waals surface area contributed by atoms with Gasteiger partial charge in [0.15, 0.2) is 18.7 Å². The molecule has 0 amide bonds. The number of ether oxygens (including phenoxy) is 6. The van der Waals surface area contributed by atoms with Gasteiger partial charge in [-0.05, 0) is 25.7 Å². The second-order valence-corrected chi connectivity index (χ2v) is 15.9. The van der Waals surface area contributed by atoms with Gasteiger partial charge in [-0.1, -0.05) is 129 Å². The maximum atomic E-state index is 12.8. The Morgan fingerprint density at radius 3 is 1.59 bits per heavy atom. The second kappa shape index (κ2) is 32.0. The van der Waals surface area contributed by atoms with Gasteiger partial charge < -0.3 is 64.2 Å². The molecule has 0 aliphatic carbocycles. The fraction of sp³-hybridized carbons (Fsp3) is 0.907. The van der Waals surface area contributed by atoms with E-state index in [1.807, 2.05) is 6.08 Å². The first-order valence-corrected chi connectivity index (χ1v) is 22.3. The number of aliphatic hydroxyl groups is 7. The Hall–Kier alpha value is -1.76. The highest BCUT2D eigenvalue weighted by Gasteiger charge is 2.47. The molecule has 0 radical (unpaired) electrons. The molecular formula is C43H78O15. The van der Waals surface area contributed by atoms with Crippen molar-refractivity contribution in [2.45, 2.75) is 223 Å². The summed E-state index contributed by atoms with van der Waals surface area (Å²) in [6, 6.07) is 0. The zero-order valence-corrected chi connectivity index (χ0v) is 35.3. The predicted octanol–water partition coefficient (Wildman–Crippen LogP) is 4.26. The SMILES string of the molecule is CCCCCCCCCCCCC/C=C/CCC(=O)OC[C@H](CO[C@@H]1O[C@H](CO[C@@H]2O[C@H](CO)[C@H](O)C(O)C2O)[C@H](O)C(O)C1O)OC(=O)CCCCCCCCC. The largest absolute Gasteiger partial charge is 0.462 e. The number of hydrogen-bond donors (Lipinski definition) is 7. The third-order valence-electron chi connectivity index (χ3n) is 10.8. The monoisotopic (exact) mass is 835 g/mol. The lowest BCUT2D eigenvalue weighted by atomic mass is 9.98. The fourth-order valence-corrected chi connectivity index (χ4v) is 7.00. The van der Waals surface area contributed by atoms with Crippen LogP contribution in [0.2, 0.25) is 0 Å². The van der Waals surface area contributed by atoms with Gasteiger partial charge in [-0.25, -0.2) is 0 Å². The molecule has 0 aromatic carbocycles. The highest BCUT2D eigenvalue weighted by molar-refractivity contribution is 5.70. The van der Waals surface area contributed by atoms with Crippen molar-refractivity contribution in [3.8, 4) is 0 Å². The Balaban J connectivity index is 1.84.